The molecule has 0 heterocycles. The first-order valence-electron chi connectivity index (χ1n) is 4.83. The maximum atomic E-state index is 9.87. The minimum atomic E-state index is -0.142. The van der Waals surface area contributed by atoms with Crippen LogP contribution in [-0.2, 0) is 0 Å². The average molecular weight is 194 g/mol. The second kappa shape index (κ2) is 3.88. The molecule has 0 saturated heterocycles. The number of benzene rings is 1. The van der Waals surface area contributed by atoms with E-state index in [1.54, 1.807) is 6.07 Å². The Balaban J connectivity index is 3.33. The Morgan fingerprint density at radius 3 is 2.43 bits per heavy atom. The summed E-state index contributed by atoms with van der Waals surface area (Å²) in [5, 5.41) is 9.87. The highest BCUT2D eigenvalue weighted by Gasteiger charge is 2.14. The van der Waals surface area contributed by atoms with E-state index in [1.165, 1.54) is 0 Å². The van der Waals surface area contributed by atoms with E-state index in [4.69, 9.17) is 11.5 Å². The van der Waals surface area contributed by atoms with Crippen LogP contribution in [0.2, 0.25) is 0 Å². The van der Waals surface area contributed by atoms with Crippen molar-refractivity contribution in [1.82, 2.24) is 0 Å². The molecule has 0 unspecified atom stereocenters. The standard InChI is InChI=1S/C11H18N2O/c1-4-9(12)8-5-10(13)6(2)7(3)11(8)14/h5,9,14H,4,12-13H2,1-3H3/t9-/m1/s1. The number of aromatic hydroxyl groups is 1. The molecule has 3 heteroatoms. The number of hydrogen-bond donors (Lipinski definition) is 3. The Morgan fingerprint density at radius 2 is 1.93 bits per heavy atom. The third kappa shape index (κ3) is 1.68. The van der Waals surface area contributed by atoms with E-state index in [2.05, 4.69) is 0 Å². The second-order valence-electron chi connectivity index (χ2n) is 3.67. The number of anilines is 1. The SMILES string of the molecule is CC[C@@H](N)c1cc(N)c(C)c(C)c1O. The van der Waals surface area contributed by atoms with Gasteiger partial charge in [-0.05, 0) is 37.5 Å². The van der Waals surface area contributed by atoms with Crippen LogP contribution >= 0.6 is 0 Å². The summed E-state index contributed by atoms with van der Waals surface area (Å²) in [6.07, 6.45) is 0.787. The van der Waals surface area contributed by atoms with Crippen molar-refractivity contribution in [3.05, 3.63) is 22.8 Å². The molecule has 0 radical (unpaired) electrons. The van der Waals surface area contributed by atoms with E-state index in [0.29, 0.717) is 5.69 Å². The maximum Gasteiger partial charge on any atom is 0.123 e. The van der Waals surface area contributed by atoms with Crippen LogP contribution in [0.1, 0.15) is 36.1 Å². The van der Waals surface area contributed by atoms with Gasteiger partial charge in [0, 0.05) is 17.3 Å². The topological polar surface area (TPSA) is 72.3 Å². The monoisotopic (exact) mass is 194 g/mol. The third-order valence-electron chi connectivity index (χ3n) is 2.77. The Kier molecular flexibility index (Phi) is 3.01. The Labute approximate surface area is 84.7 Å². The van der Waals surface area contributed by atoms with Gasteiger partial charge in [-0.15, -0.1) is 0 Å². The van der Waals surface area contributed by atoms with Crippen molar-refractivity contribution in [3.63, 3.8) is 0 Å². The predicted octanol–water partition coefficient (Wildman–Crippen LogP) is 2.00. The van der Waals surface area contributed by atoms with E-state index < -0.39 is 0 Å². The van der Waals surface area contributed by atoms with E-state index in [9.17, 15) is 5.11 Å². The number of phenolic OH excluding ortho intramolecular Hbond substituents is 1. The van der Waals surface area contributed by atoms with Gasteiger partial charge < -0.3 is 16.6 Å². The van der Waals surface area contributed by atoms with Gasteiger partial charge in [-0.2, -0.15) is 0 Å². The van der Waals surface area contributed by atoms with Crippen molar-refractivity contribution in [1.29, 1.82) is 0 Å². The molecule has 5 N–H and O–H groups in total. The van der Waals surface area contributed by atoms with Crippen LogP contribution in [0.25, 0.3) is 0 Å². The van der Waals surface area contributed by atoms with Gasteiger partial charge in [0.05, 0.1) is 0 Å². The summed E-state index contributed by atoms with van der Waals surface area (Å²) in [6.45, 7) is 5.73. The van der Waals surface area contributed by atoms with Crippen LogP contribution in [0, 0.1) is 13.8 Å². The quantitative estimate of drug-likeness (QED) is 0.498. The highest BCUT2D eigenvalue weighted by molar-refractivity contribution is 5.59. The van der Waals surface area contributed by atoms with Crippen molar-refractivity contribution < 1.29 is 5.11 Å². The van der Waals surface area contributed by atoms with Crippen molar-refractivity contribution in [3.8, 4) is 5.75 Å². The van der Waals surface area contributed by atoms with Crippen LogP contribution < -0.4 is 11.5 Å². The van der Waals surface area contributed by atoms with Gasteiger partial charge in [0.2, 0.25) is 0 Å². The minimum Gasteiger partial charge on any atom is -0.507 e. The fourth-order valence-corrected chi connectivity index (χ4v) is 1.46. The lowest BCUT2D eigenvalue weighted by atomic mass is 9.97. The van der Waals surface area contributed by atoms with Gasteiger partial charge in [-0.3, -0.25) is 0 Å². The largest absolute Gasteiger partial charge is 0.507 e. The summed E-state index contributed by atoms with van der Waals surface area (Å²) in [4.78, 5) is 0. The van der Waals surface area contributed by atoms with Crippen LogP contribution in [0.5, 0.6) is 5.75 Å². The molecule has 1 rings (SSSR count). The zero-order valence-electron chi connectivity index (χ0n) is 8.96. The average Bonchev–Trinajstić information content (AvgIpc) is 2.19. The zero-order chi connectivity index (χ0) is 10.9. The fourth-order valence-electron chi connectivity index (χ4n) is 1.46. The van der Waals surface area contributed by atoms with E-state index in [1.807, 2.05) is 20.8 Å². The molecule has 0 amide bonds. The molecule has 3 nitrogen and oxygen atoms in total. The van der Waals surface area contributed by atoms with Crippen molar-refractivity contribution in [2.75, 3.05) is 5.73 Å². The molecule has 0 aliphatic heterocycles. The molecule has 78 valence electrons. The molecule has 0 saturated carbocycles. The van der Waals surface area contributed by atoms with E-state index in [-0.39, 0.29) is 11.8 Å². The molecule has 1 aromatic rings. The van der Waals surface area contributed by atoms with E-state index >= 15 is 0 Å². The number of hydrogen-bond acceptors (Lipinski definition) is 3. The van der Waals surface area contributed by atoms with Crippen LogP contribution in [0.15, 0.2) is 6.07 Å². The molecule has 0 bridgehead atoms. The lowest BCUT2D eigenvalue weighted by Crippen LogP contribution is -2.10. The molecule has 14 heavy (non-hydrogen) atoms. The van der Waals surface area contributed by atoms with Crippen LogP contribution in [0.4, 0.5) is 5.69 Å². The zero-order valence-corrected chi connectivity index (χ0v) is 8.96. The van der Waals surface area contributed by atoms with Crippen molar-refractivity contribution >= 4 is 5.69 Å². The van der Waals surface area contributed by atoms with Crippen LogP contribution in [-0.4, -0.2) is 5.11 Å². The van der Waals surface area contributed by atoms with Gasteiger partial charge in [0.15, 0.2) is 0 Å². The molecule has 0 aromatic heterocycles. The number of rotatable bonds is 2. The van der Waals surface area contributed by atoms with Gasteiger partial charge >= 0.3 is 0 Å². The van der Waals surface area contributed by atoms with Gasteiger partial charge in [-0.1, -0.05) is 6.92 Å². The summed E-state index contributed by atoms with van der Waals surface area (Å²) in [6, 6.07) is 1.63. The summed E-state index contributed by atoms with van der Waals surface area (Å²) in [5.41, 5.74) is 14.9. The molecule has 1 atom stereocenters. The highest BCUT2D eigenvalue weighted by atomic mass is 16.3. The fraction of sp³-hybridized carbons (Fsp3) is 0.455. The summed E-state index contributed by atoms with van der Waals surface area (Å²) < 4.78 is 0. The van der Waals surface area contributed by atoms with Gasteiger partial charge in [0.1, 0.15) is 5.75 Å². The highest BCUT2D eigenvalue weighted by Crippen LogP contribution is 2.33. The Morgan fingerprint density at radius 1 is 1.36 bits per heavy atom. The second-order valence-corrected chi connectivity index (χ2v) is 3.67. The first-order valence-corrected chi connectivity index (χ1v) is 4.83. The van der Waals surface area contributed by atoms with Gasteiger partial charge in [-0.25, -0.2) is 0 Å². The summed E-state index contributed by atoms with van der Waals surface area (Å²) in [5.74, 6) is 0.283. The predicted molar refractivity (Wildman–Crippen MR) is 59.2 cm³/mol. The number of nitrogens with two attached hydrogens (primary N) is 2. The first-order chi connectivity index (χ1) is 6.49. The van der Waals surface area contributed by atoms with Crippen molar-refractivity contribution in [2.24, 2.45) is 5.73 Å². The summed E-state index contributed by atoms with van der Waals surface area (Å²) in [7, 11) is 0. The first kappa shape index (κ1) is 10.9. The number of nitrogen functional groups attached to an aromatic ring is 1. The Bertz CT molecular complexity index is 348. The summed E-state index contributed by atoms with van der Waals surface area (Å²) >= 11 is 0. The maximum absolute atomic E-state index is 9.87. The molecule has 0 fully saturated rings. The lowest BCUT2D eigenvalue weighted by Gasteiger charge is -2.16. The van der Waals surface area contributed by atoms with E-state index in [0.717, 1.165) is 23.1 Å². The Hall–Kier alpha value is -1.22. The molecular formula is C11H18N2O. The van der Waals surface area contributed by atoms with Gasteiger partial charge in [0.25, 0.3) is 0 Å². The minimum absolute atomic E-state index is 0.142. The molecule has 0 spiro atoms. The van der Waals surface area contributed by atoms with Crippen LogP contribution in [0.3, 0.4) is 0 Å². The third-order valence-corrected chi connectivity index (χ3v) is 2.77. The molecular weight excluding hydrogens is 176 g/mol. The lowest BCUT2D eigenvalue weighted by molar-refractivity contribution is 0.455. The molecule has 0 aliphatic rings. The molecule has 1 aromatic carbocycles. The number of phenols is 1. The van der Waals surface area contributed by atoms with Crippen molar-refractivity contribution in [2.45, 2.75) is 33.2 Å². The normalized spacial score (nSPS) is 12.9. The smallest absolute Gasteiger partial charge is 0.123 e. The molecule has 0 aliphatic carbocycles.